The number of hydrogen-bond donors (Lipinski definition) is 4. The number of nitrogens with one attached hydrogen (secondary N) is 4. The van der Waals surface area contributed by atoms with Crippen molar-refractivity contribution in [2.45, 2.75) is 147 Å². The van der Waals surface area contributed by atoms with Gasteiger partial charge in [-0.05, 0) is 92.2 Å². The molecule has 2 saturated carbocycles. The molecule has 0 aromatic heterocycles. The van der Waals surface area contributed by atoms with Crippen molar-refractivity contribution in [2.24, 2.45) is 23.2 Å². The summed E-state index contributed by atoms with van der Waals surface area (Å²) in [6, 6.07) is -2.76. The van der Waals surface area contributed by atoms with Gasteiger partial charge in [-0.1, -0.05) is 79.7 Å². The molecule has 51 heavy (non-hydrogen) atoms. The van der Waals surface area contributed by atoms with E-state index >= 15 is 0 Å². The minimum atomic E-state index is -3.58. The Hall–Kier alpha value is -2.23. The fourth-order valence-electron chi connectivity index (χ4n) is 5.99. The molecule has 0 aromatic rings. The molecule has 0 heterocycles. The molecule has 2 rings (SSSR count). The first kappa shape index (κ1) is 44.9. The van der Waals surface area contributed by atoms with Crippen LogP contribution in [0.1, 0.15) is 120 Å². The van der Waals surface area contributed by atoms with Gasteiger partial charge in [0, 0.05) is 13.1 Å². The van der Waals surface area contributed by atoms with Crippen LogP contribution in [0.15, 0.2) is 12.7 Å². The van der Waals surface area contributed by atoms with E-state index in [-0.39, 0.29) is 36.6 Å². The molecule has 0 saturated heterocycles. The van der Waals surface area contributed by atoms with Crippen LogP contribution in [0.25, 0.3) is 0 Å². The molecule has 4 N–H and O–H groups in total. The maximum atomic E-state index is 14.6. The summed E-state index contributed by atoms with van der Waals surface area (Å²) < 4.78 is 24.6. The van der Waals surface area contributed by atoms with Gasteiger partial charge in [-0.3, -0.25) is 19.2 Å². The van der Waals surface area contributed by atoms with Gasteiger partial charge in [-0.25, -0.2) is 13.2 Å². The Morgan fingerprint density at radius 2 is 1.55 bits per heavy atom. The van der Waals surface area contributed by atoms with E-state index in [0.29, 0.717) is 25.7 Å². The average Bonchev–Trinajstić information content (AvgIpc) is 3.84. The summed E-state index contributed by atoms with van der Waals surface area (Å²) in [5, 5.41) is 11.2. The highest BCUT2D eigenvalue weighted by atomic mass is 127. The molecule has 292 valence electrons. The SMILES string of the molecule is C=CCCNC(=O)C(=O)C(CC1CC1)NC(=O)[C@H](I)N(C[C@@H](C)C(C)C)C(=O)[C@@H](NC(=O)NC1(CS(=O)(=O)C(C)(C)C)CCCCC1)C(C)(C)C. The summed E-state index contributed by atoms with van der Waals surface area (Å²) in [6.07, 6.45) is 7.78. The number of alkyl halides is 1. The molecule has 2 aliphatic rings. The highest BCUT2D eigenvalue weighted by Gasteiger charge is 2.45. The van der Waals surface area contributed by atoms with E-state index in [2.05, 4.69) is 27.8 Å². The van der Waals surface area contributed by atoms with Crippen molar-refractivity contribution < 1.29 is 32.4 Å². The first-order chi connectivity index (χ1) is 23.4. The zero-order valence-corrected chi connectivity index (χ0v) is 35.3. The average molecular weight is 850 g/mol. The van der Waals surface area contributed by atoms with E-state index in [1.165, 1.54) is 4.90 Å². The lowest BCUT2D eigenvalue weighted by atomic mass is 9.83. The predicted octanol–water partition coefficient (Wildman–Crippen LogP) is 5.04. The van der Waals surface area contributed by atoms with Gasteiger partial charge in [0.15, 0.2) is 13.9 Å². The lowest BCUT2D eigenvalue weighted by molar-refractivity contribution is -0.143. The van der Waals surface area contributed by atoms with E-state index in [4.69, 9.17) is 0 Å². The molecule has 1 unspecified atom stereocenters. The number of hydrogen-bond acceptors (Lipinski definition) is 7. The Morgan fingerprint density at radius 1 is 0.961 bits per heavy atom. The monoisotopic (exact) mass is 849 g/mol. The molecule has 2 fully saturated rings. The second-order valence-electron chi connectivity index (χ2n) is 17.1. The molecule has 0 spiro atoms. The molecule has 12 nitrogen and oxygen atoms in total. The molecule has 0 radical (unpaired) electrons. The van der Waals surface area contributed by atoms with E-state index in [1.807, 2.05) is 64.1 Å². The summed E-state index contributed by atoms with van der Waals surface area (Å²) in [5.74, 6) is -2.40. The Kier molecular flexibility index (Phi) is 16.5. The summed E-state index contributed by atoms with van der Waals surface area (Å²) in [6.45, 7) is 20.5. The molecular weight excluding hydrogens is 785 g/mol. The van der Waals surface area contributed by atoms with Crippen LogP contribution in [0.2, 0.25) is 0 Å². The topological polar surface area (TPSA) is 171 Å². The number of urea groups is 1. The van der Waals surface area contributed by atoms with Crippen molar-refractivity contribution in [2.75, 3.05) is 18.8 Å². The quantitative estimate of drug-likeness (QED) is 0.0374. The van der Waals surface area contributed by atoms with Crippen molar-refractivity contribution in [3.8, 4) is 0 Å². The molecule has 0 aromatic carbocycles. The Labute approximate surface area is 320 Å². The van der Waals surface area contributed by atoms with Crippen LogP contribution >= 0.6 is 22.6 Å². The third-order valence-electron chi connectivity index (χ3n) is 10.1. The van der Waals surface area contributed by atoms with Crippen molar-refractivity contribution in [1.29, 1.82) is 0 Å². The van der Waals surface area contributed by atoms with Gasteiger partial charge in [0.25, 0.3) is 11.8 Å². The predicted molar refractivity (Wildman–Crippen MR) is 210 cm³/mol. The highest BCUT2D eigenvalue weighted by molar-refractivity contribution is 14.1. The fraction of sp³-hybridized carbons (Fsp3) is 0.811. The van der Waals surface area contributed by atoms with Crippen molar-refractivity contribution in [1.82, 2.24) is 26.2 Å². The number of nitrogens with zero attached hydrogens (tertiary/aromatic N) is 1. The van der Waals surface area contributed by atoms with Crippen LogP contribution in [0.4, 0.5) is 4.79 Å². The third-order valence-corrected chi connectivity index (χ3v) is 14.2. The minimum Gasteiger partial charge on any atom is -0.349 e. The maximum Gasteiger partial charge on any atom is 0.315 e. The van der Waals surface area contributed by atoms with Gasteiger partial charge in [-0.2, -0.15) is 0 Å². The number of halogens is 1. The normalized spacial score (nSPS) is 18.8. The first-order valence-electron chi connectivity index (χ1n) is 18.4. The van der Waals surface area contributed by atoms with Gasteiger partial charge in [-0.15, -0.1) is 6.58 Å². The van der Waals surface area contributed by atoms with Crippen LogP contribution in [-0.4, -0.2) is 88.1 Å². The van der Waals surface area contributed by atoms with Gasteiger partial charge < -0.3 is 26.2 Å². The molecule has 14 heteroatoms. The maximum absolute atomic E-state index is 14.6. The number of carbonyl (C=O) groups is 5. The molecular formula is C37H64IN5O7S. The highest BCUT2D eigenvalue weighted by Crippen LogP contribution is 2.35. The van der Waals surface area contributed by atoms with Crippen LogP contribution in [0.3, 0.4) is 0 Å². The first-order valence-corrected chi connectivity index (χ1v) is 21.3. The summed E-state index contributed by atoms with van der Waals surface area (Å²) in [7, 11) is -3.58. The summed E-state index contributed by atoms with van der Waals surface area (Å²) in [5.41, 5.74) is -1.77. The number of ketones is 1. The second-order valence-corrected chi connectivity index (χ2v) is 21.0. The van der Waals surface area contributed by atoms with Gasteiger partial charge in [0.1, 0.15) is 6.04 Å². The van der Waals surface area contributed by atoms with E-state index < -0.39 is 71.2 Å². The number of amides is 5. The molecule has 5 amide bonds. The molecule has 0 aliphatic heterocycles. The van der Waals surface area contributed by atoms with Crippen molar-refractivity contribution in [3.05, 3.63) is 12.7 Å². The van der Waals surface area contributed by atoms with Crippen LogP contribution < -0.4 is 21.3 Å². The number of sulfone groups is 1. The fourth-order valence-corrected chi connectivity index (χ4v) is 8.19. The number of carbonyl (C=O) groups excluding carboxylic acids is 5. The smallest absolute Gasteiger partial charge is 0.315 e. The minimum absolute atomic E-state index is 0.0268. The summed E-state index contributed by atoms with van der Waals surface area (Å²) >= 11 is 1.89. The Balaban J connectivity index is 2.38. The van der Waals surface area contributed by atoms with E-state index in [0.717, 1.165) is 32.1 Å². The lowest BCUT2D eigenvalue weighted by Crippen LogP contribution is -2.64. The molecule has 2 aliphatic carbocycles. The summed E-state index contributed by atoms with van der Waals surface area (Å²) in [4.78, 5) is 69.6. The van der Waals surface area contributed by atoms with Gasteiger partial charge in [0.2, 0.25) is 11.7 Å². The second kappa shape index (κ2) is 18.7. The van der Waals surface area contributed by atoms with Crippen molar-refractivity contribution in [3.63, 3.8) is 0 Å². The van der Waals surface area contributed by atoms with Crippen molar-refractivity contribution >= 4 is 62.0 Å². The van der Waals surface area contributed by atoms with Gasteiger partial charge >= 0.3 is 6.03 Å². The van der Waals surface area contributed by atoms with Crippen LogP contribution in [0.5, 0.6) is 0 Å². The van der Waals surface area contributed by atoms with Crippen LogP contribution in [0, 0.1) is 23.2 Å². The van der Waals surface area contributed by atoms with E-state index in [9.17, 15) is 32.4 Å². The standard InChI is InChI=1S/C37H64IN5O7S/c1-11-12-20-39-31(45)28(44)27(21-26-16-17-26)40-32(46)30(38)43(22-25(4)24(2)3)33(47)29(35(5,6)7)41-34(48)42-37(18-14-13-15-19-37)23-51(49,50)36(8,9)10/h11,24-27,29-30H,1,12-23H2,2-10H3,(H,39,45)(H,40,46)(H2,41,42,48)/t25-,27?,29-,30-/m1/s1. The zero-order chi connectivity index (χ0) is 38.9. The largest absolute Gasteiger partial charge is 0.349 e. The van der Waals surface area contributed by atoms with E-state index in [1.54, 1.807) is 26.8 Å². The lowest BCUT2D eigenvalue weighted by Gasteiger charge is -2.41. The number of rotatable bonds is 18. The third kappa shape index (κ3) is 13.6. The molecule has 0 bridgehead atoms. The molecule has 4 atom stereocenters. The Bertz CT molecular complexity index is 1360. The van der Waals surface area contributed by atoms with Crippen LogP contribution in [-0.2, 0) is 29.0 Å². The van der Waals surface area contributed by atoms with Gasteiger partial charge in [0.05, 0.1) is 22.1 Å². The zero-order valence-electron chi connectivity index (χ0n) is 32.3. The number of Topliss-reactive ketones (excluding diaryl/α,β-unsaturated/α-hetero) is 1. The Morgan fingerprint density at radius 3 is 2.04 bits per heavy atom.